The molecule has 0 amide bonds. The summed E-state index contributed by atoms with van der Waals surface area (Å²) in [5, 5.41) is 0. The zero-order valence-electron chi connectivity index (χ0n) is 11.8. The Kier molecular flexibility index (Phi) is 5.25. The summed E-state index contributed by atoms with van der Waals surface area (Å²) >= 11 is 0. The highest BCUT2D eigenvalue weighted by Crippen LogP contribution is 2.25. The van der Waals surface area contributed by atoms with E-state index in [1.54, 1.807) is 0 Å². The molecule has 2 rings (SSSR count). The molecule has 0 aromatic heterocycles. The van der Waals surface area contributed by atoms with Crippen LogP contribution in [0, 0.1) is 11.6 Å². The maximum atomic E-state index is 13.3. The average Bonchev–Trinajstić information content (AvgIpc) is 2.46. The Morgan fingerprint density at radius 2 is 1.67 bits per heavy atom. The van der Waals surface area contributed by atoms with Gasteiger partial charge in [0.05, 0.1) is 12.6 Å². The Bertz CT molecular complexity index is 567. The predicted octanol–water partition coefficient (Wildman–Crippen LogP) is 3.31. The first kappa shape index (κ1) is 15.4. The van der Waals surface area contributed by atoms with Crippen molar-refractivity contribution in [1.82, 2.24) is 5.43 Å². The lowest BCUT2D eigenvalue weighted by molar-refractivity contribution is 0.317. The molecule has 112 valence electrons. The number of halogens is 2. The molecular weight excluding hydrogens is 274 g/mol. The van der Waals surface area contributed by atoms with E-state index in [0.717, 1.165) is 23.8 Å². The molecule has 0 fully saturated rings. The molecule has 3 N–H and O–H groups in total. The Morgan fingerprint density at radius 3 is 2.19 bits per heavy atom. The number of hydrazine groups is 1. The van der Waals surface area contributed by atoms with Crippen molar-refractivity contribution in [2.45, 2.75) is 19.4 Å². The van der Waals surface area contributed by atoms with Gasteiger partial charge >= 0.3 is 0 Å². The van der Waals surface area contributed by atoms with Crippen molar-refractivity contribution >= 4 is 0 Å². The summed E-state index contributed by atoms with van der Waals surface area (Å²) in [6, 6.07) is 10.1. The molecule has 2 aromatic rings. The van der Waals surface area contributed by atoms with Crippen LogP contribution in [0.3, 0.4) is 0 Å². The number of benzene rings is 2. The molecule has 2 aromatic carbocycles. The third kappa shape index (κ3) is 4.00. The van der Waals surface area contributed by atoms with Gasteiger partial charge in [-0.1, -0.05) is 19.1 Å². The normalized spacial score (nSPS) is 12.2. The first-order valence-electron chi connectivity index (χ1n) is 6.79. The van der Waals surface area contributed by atoms with E-state index in [9.17, 15) is 8.78 Å². The van der Waals surface area contributed by atoms with Crippen LogP contribution in [0.25, 0.3) is 0 Å². The highest BCUT2D eigenvalue weighted by molar-refractivity contribution is 5.35. The van der Waals surface area contributed by atoms with Gasteiger partial charge in [-0.3, -0.25) is 5.84 Å². The summed E-state index contributed by atoms with van der Waals surface area (Å²) in [5.41, 5.74) is 3.80. The molecule has 0 heterocycles. The zero-order valence-corrected chi connectivity index (χ0v) is 11.8. The lowest BCUT2D eigenvalue weighted by Crippen LogP contribution is -2.29. The van der Waals surface area contributed by atoms with Gasteiger partial charge in [0, 0.05) is 6.07 Å². The summed E-state index contributed by atoms with van der Waals surface area (Å²) in [6.07, 6.45) is 0.928. The van der Waals surface area contributed by atoms with Crippen molar-refractivity contribution in [3.8, 4) is 5.75 Å². The van der Waals surface area contributed by atoms with Crippen LogP contribution in [-0.4, -0.2) is 6.61 Å². The first-order chi connectivity index (χ1) is 10.1. The molecule has 0 spiro atoms. The van der Waals surface area contributed by atoms with Gasteiger partial charge in [-0.2, -0.15) is 0 Å². The minimum absolute atomic E-state index is 0.428. The Balaban J connectivity index is 2.24. The second-order valence-electron chi connectivity index (χ2n) is 4.72. The van der Waals surface area contributed by atoms with Crippen molar-refractivity contribution in [1.29, 1.82) is 0 Å². The van der Waals surface area contributed by atoms with E-state index in [4.69, 9.17) is 10.6 Å². The molecule has 0 aliphatic rings. The van der Waals surface area contributed by atoms with E-state index >= 15 is 0 Å². The zero-order chi connectivity index (χ0) is 15.2. The molecule has 0 aliphatic carbocycles. The molecule has 0 aliphatic heterocycles. The van der Waals surface area contributed by atoms with Crippen LogP contribution in [-0.2, 0) is 0 Å². The second-order valence-corrected chi connectivity index (χ2v) is 4.72. The highest BCUT2D eigenvalue weighted by atomic mass is 19.1. The number of nitrogens with two attached hydrogens (primary N) is 1. The molecule has 0 radical (unpaired) electrons. The van der Waals surface area contributed by atoms with Gasteiger partial charge in [-0.05, 0) is 41.8 Å². The van der Waals surface area contributed by atoms with Crippen molar-refractivity contribution in [2.75, 3.05) is 6.61 Å². The Hall–Kier alpha value is -1.98. The standard InChI is InChI=1S/C16H18F2N2O/c1-2-7-21-15-5-3-11(4-6-15)16(20-19)12-8-13(17)10-14(18)9-12/h3-6,8-10,16,20H,2,7,19H2,1H3. The van der Waals surface area contributed by atoms with E-state index in [1.165, 1.54) is 12.1 Å². The number of nitrogens with one attached hydrogen (secondary N) is 1. The summed E-state index contributed by atoms with van der Waals surface area (Å²) in [5.74, 6) is 5.02. The fourth-order valence-electron chi connectivity index (χ4n) is 2.10. The van der Waals surface area contributed by atoms with Gasteiger partial charge < -0.3 is 4.74 Å². The molecule has 0 saturated carbocycles. The van der Waals surface area contributed by atoms with Crippen LogP contribution in [0.1, 0.15) is 30.5 Å². The van der Waals surface area contributed by atoms with E-state index < -0.39 is 17.7 Å². The minimum atomic E-state index is -0.631. The van der Waals surface area contributed by atoms with Crippen LogP contribution in [0.15, 0.2) is 42.5 Å². The Labute approximate surface area is 122 Å². The predicted molar refractivity (Wildman–Crippen MR) is 77.8 cm³/mol. The summed E-state index contributed by atoms with van der Waals surface area (Å²) in [7, 11) is 0. The van der Waals surface area contributed by atoms with Gasteiger partial charge in [-0.25, -0.2) is 14.2 Å². The van der Waals surface area contributed by atoms with Crippen molar-refractivity contribution < 1.29 is 13.5 Å². The lowest BCUT2D eigenvalue weighted by atomic mass is 9.99. The van der Waals surface area contributed by atoms with E-state index in [0.29, 0.717) is 12.2 Å². The quantitative estimate of drug-likeness (QED) is 0.634. The SMILES string of the molecule is CCCOc1ccc(C(NN)c2cc(F)cc(F)c2)cc1. The van der Waals surface area contributed by atoms with E-state index in [1.807, 2.05) is 31.2 Å². The third-order valence-electron chi connectivity index (χ3n) is 3.07. The number of hydrogen-bond acceptors (Lipinski definition) is 3. The summed E-state index contributed by atoms with van der Waals surface area (Å²) in [6.45, 7) is 2.67. The molecular formula is C16H18F2N2O. The van der Waals surface area contributed by atoms with Gasteiger partial charge in [0.2, 0.25) is 0 Å². The molecule has 21 heavy (non-hydrogen) atoms. The third-order valence-corrected chi connectivity index (χ3v) is 3.07. The van der Waals surface area contributed by atoms with Gasteiger partial charge in [0.15, 0.2) is 0 Å². The maximum Gasteiger partial charge on any atom is 0.126 e. The van der Waals surface area contributed by atoms with Gasteiger partial charge in [0.25, 0.3) is 0 Å². The minimum Gasteiger partial charge on any atom is -0.494 e. The van der Waals surface area contributed by atoms with Crippen LogP contribution in [0.2, 0.25) is 0 Å². The van der Waals surface area contributed by atoms with Crippen LogP contribution in [0.4, 0.5) is 8.78 Å². The highest BCUT2D eigenvalue weighted by Gasteiger charge is 2.14. The van der Waals surface area contributed by atoms with Crippen LogP contribution >= 0.6 is 0 Å². The largest absolute Gasteiger partial charge is 0.494 e. The van der Waals surface area contributed by atoms with Gasteiger partial charge in [0.1, 0.15) is 17.4 Å². The average molecular weight is 292 g/mol. The maximum absolute atomic E-state index is 13.3. The van der Waals surface area contributed by atoms with Crippen molar-refractivity contribution in [3.63, 3.8) is 0 Å². The smallest absolute Gasteiger partial charge is 0.126 e. The second kappa shape index (κ2) is 7.15. The van der Waals surface area contributed by atoms with E-state index in [2.05, 4.69) is 5.43 Å². The monoisotopic (exact) mass is 292 g/mol. The molecule has 1 atom stereocenters. The molecule has 5 heteroatoms. The lowest BCUT2D eigenvalue weighted by Gasteiger charge is -2.17. The first-order valence-corrected chi connectivity index (χ1v) is 6.79. The fourth-order valence-corrected chi connectivity index (χ4v) is 2.10. The number of ether oxygens (including phenoxy) is 1. The van der Waals surface area contributed by atoms with Crippen molar-refractivity contribution in [3.05, 3.63) is 65.2 Å². The molecule has 3 nitrogen and oxygen atoms in total. The number of hydrogen-bond donors (Lipinski definition) is 2. The summed E-state index contributed by atoms with van der Waals surface area (Å²) < 4.78 is 32.1. The van der Waals surface area contributed by atoms with Crippen LogP contribution < -0.4 is 16.0 Å². The van der Waals surface area contributed by atoms with Crippen LogP contribution in [0.5, 0.6) is 5.75 Å². The Morgan fingerprint density at radius 1 is 1.05 bits per heavy atom. The van der Waals surface area contributed by atoms with E-state index in [-0.39, 0.29) is 0 Å². The van der Waals surface area contributed by atoms with Crippen molar-refractivity contribution in [2.24, 2.45) is 5.84 Å². The topological polar surface area (TPSA) is 47.3 Å². The summed E-state index contributed by atoms with van der Waals surface area (Å²) in [4.78, 5) is 0. The molecule has 0 saturated heterocycles. The molecule has 1 unspecified atom stereocenters. The number of rotatable bonds is 6. The molecule has 0 bridgehead atoms. The fraction of sp³-hybridized carbons (Fsp3) is 0.250. The van der Waals surface area contributed by atoms with Gasteiger partial charge in [-0.15, -0.1) is 0 Å².